The quantitative estimate of drug-likeness (QED) is 0.680. The molecule has 0 radical (unpaired) electrons. The van der Waals surface area contributed by atoms with Gasteiger partial charge < -0.3 is 4.74 Å². The average Bonchev–Trinajstić information content (AvgIpc) is 2.90. The summed E-state index contributed by atoms with van der Waals surface area (Å²) in [4.78, 5) is 15.4. The Kier molecular flexibility index (Phi) is 3.16. The average molecular weight is 267 g/mol. The van der Waals surface area contributed by atoms with Crippen LogP contribution in [0.2, 0.25) is 0 Å². The predicted molar refractivity (Wildman–Crippen MR) is 74.2 cm³/mol. The van der Waals surface area contributed by atoms with Crippen LogP contribution in [0.4, 0.5) is 0 Å². The first kappa shape index (κ1) is 12.3. The lowest BCUT2D eigenvalue weighted by Gasteiger charge is -2.05. The van der Waals surface area contributed by atoms with E-state index in [1.54, 1.807) is 23.8 Å². The topological polar surface area (TPSA) is 56.5 Å². The van der Waals surface area contributed by atoms with Gasteiger partial charge in [0.1, 0.15) is 11.4 Å². The highest BCUT2D eigenvalue weighted by Gasteiger charge is 2.09. The highest BCUT2D eigenvalue weighted by molar-refractivity contribution is 5.73. The van der Waals surface area contributed by atoms with Crippen LogP contribution in [0.1, 0.15) is 21.9 Å². The molecule has 5 nitrogen and oxygen atoms in total. The molecular formula is C15H13N3O2. The van der Waals surface area contributed by atoms with Crippen molar-refractivity contribution in [3.05, 3.63) is 59.5 Å². The molecule has 2 heterocycles. The van der Waals surface area contributed by atoms with E-state index in [1.165, 1.54) is 0 Å². The first-order valence-corrected chi connectivity index (χ1v) is 6.23. The second-order valence-electron chi connectivity index (χ2n) is 4.36. The molecule has 100 valence electrons. The van der Waals surface area contributed by atoms with Gasteiger partial charge >= 0.3 is 0 Å². The Balaban J connectivity index is 2.01. The Bertz CT molecular complexity index is 765. The van der Waals surface area contributed by atoms with Gasteiger partial charge in [0.15, 0.2) is 17.8 Å². The van der Waals surface area contributed by atoms with Gasteiger partial charge in [-0.3, -0.25) is 4.79 Å². The molecule has 0 aliphatic rings. The summed E-state index contributed by atoms with van der Waals surface area (Å²) in [6.07, 6.45) is 1.33. The van der Waals surface area contributed by atoms with E-state index in [2.05, 4.69) is 10.1 Å². The fourth-order valence-electron chi connectivity index (χ4n) is 2.15. The maximum absolute atomic E-state index is 11.0. The molecule has 0 bridgehead atoms. The molecule has 0 spiro atoms. The van der Waals surface area contributed by atoms with Crippen LogP contribution in [0.25, 0.3) is 5.65 Å². The van der Waals surface area contributed by atoms with Crippen LogP contribution in [0.15, 0.2) is 42.5 Å². The van der Waals surface area contributed by atoms with Gasteiger partial charge in [0.2, 0.25) is 0 Å². The molecule has 0 aliphatic carbocycles. The van der Waals surface area contributed by atoms with Crippen molar-refractivity contribution in [1.82, 2.24) is 14.6 Å². The first-order chi connectivity index (χ1) is 9.81. The molecule has 2 aromatic heterocycles. The predicted octanol–water partition coefficient (Wildman–Crippen LogP) is 2.14. The zero-order valence-corrected chi connectivity index (χ0v) is 11.0. The van der Waals surface area contributed by atoms with E-state index in [0.29, 0.717) is 23.6 Å². The number of hydrogen-bond acceptors (Lipinski definition) is 4. The molecule has 0 unspecified atom stereocenters. The van der Waals surface area contributed by atoms with Gasteiger partial charge in [0, 0.05) is 12.0 Å². The lowest BCUT2D eigenvalue weighted by molar-refractivity contribution is 0.111. The minimum Gasteiger partial charge on any atom is -0.496 e. The molecule has 0 aliphatic heterocycles. The van der Waals surface area contributed by atoms with Crippen LogP contribution >= 0.6 is 0 Å². The van der Waals surface area contributed by atoms with E-state index < -0.39 is 0 Å². The van der Waals surface area contributed by atoms with Crippen LogP contribution in [0, 0.1) is 0 Å². The third-order valence-electron chi connectivity index (χ3n) is 3.09. The van der Waals surface area contributed by atoms with Gasteiger partial charge in [-0.15, -0.1) is 0 Å². The zero-order chi connectivity index (χ0) is 13.9. The molecular weight excluding hydrogens is 254 g/mol. The Labute approximate surface area is 115 Å². The van der Waals surface area contributed by atoms with Crippen molar-refractivity contribution >= 4 is 11.9 Å². The fraction of sp³-hybridized carbons (Fsp3) is 0.133. The standard InChI is InChI=1S/C15H13N3O2/c1-20-13-7-3-2-5-11(13)9-14-16-15-8-4-6-12(10-19)18(15)17-14/h2-8,10H,9H2,1H3. The smallest absolute Gasteiger partial charge is 0.168 e. The monoisotopic (exact) mass is 267 g/mol. The third-order valence-corrected chi connectivity index (χ3v) is 3.09. The summed E-state index contributed by atoms with van der Waals surface area (Å²) in [5, 5.41) is 4.37. The minimum atomic E-state index is 0.487. The summed E-state index contributed by atoms with van der Waals surface area (Å²) < 4.78 is 6.87. The summed E-state index contributed by atoms with van der Waals surface area (Å²) >= 11 is 0. The van der Waals surface area contributed by atoms with E-state index in [0.717, 1.165) is 17.6 Å². The Hall–Kier alpha value is -2.69. The number of carbonyl (C=O) groups is 1. The molecule has 3 rings (SSSR count). The lowest BCUT2D eigenvalue weighted by atomic mass is 10.1. The van der Waals surface area contributed by atoms with Crippen LogP contribution < -0.4 is 4.74 Å². The number of pyridine rings is 1. The normalized spacial score (nSPS) is 10.7. The van der Waals surface area contributed by atoms with Crippen molar-refractivity contribution in [1.29, 1.82) is 0 Å². The summed E-state index contributed by atoms with van der Waals surface area (Å²) in [6, 6.07) is 13.1. The molecule has 5 heteroatoms. The van der Waals surface area contributed by atoms with Gasteiger partial charge in [-0.05, 0) is 18.2 Å². The van der Waals surface area contributed by atoms with E-state index >= 15 is 0 Å². The Morgan fingerprint density at radius 3 is 2.85 bits per heavy atom. The van der Waals surface area contributed by atoms with Crippen molar-refractivity contribution in [2.75, 3.05) is 7.11 Å². The third kappa shape index (κ3) is 2.14. The zero-order valence-electron chi connectivity index (χ0n) is 11.0. The molecule has 0 saturated heterocycles. The summed E-state index contributed by atoms with van der Waals surface area (Å²) in [5.41, 5.74) is 2.17. The Morgan fingerprint density at radius 2 is 2.05 bits per heavy atom. The van der Waals surface area contributed by atoms with Crippen molar-refractivity contribution in [3.63, 3.8) is 0 Å². The van der Waals surface area contributed by atoms with Crippen LogP contribution in [0.3, 0.4) is 0 Å². The number of benzene rings is 1. The number of aldehydes is 1. The first-order valence-electron chi connectivity index (χ1n) is 6.23. The van der Waals surface area contributed by atoms with Crippen LogP contribution in [-0.2, 0) is 6.42 Å². The minimum absolute atomic E-state index is 0.487. The van der Waals surface area contributed by atoms with E-state index in [9.17, 15) is 4.79 Å². The van der Waals surface area contributed by atoms with Gasteiger partial charge in [0.05, 0.1) is 7.11 Å². The molecule has 3 aromatic rings. The second-order valence-corrected chi connectivity index (χ2v) is 4.36. The number of nitrogens with zero attached hydrogens (tertiary/aromatic N) is 3. The number of para-hydroxylation sites is 1. The number of carbonyl (C=O) groups excluding carboxylic acids is 1. The van der Waals surface area contributed by atoms with E-state index in [4.69, 9.17) is 4.74 Å². The van der Waals surface area contributed by atoms with Crippen molar-refractivity contribution in [2.45, 2.75) is 6.42 Å². The molecule has 20 heavy (non-hydrogen) atoms. The van der Waals surface area contributed by atoms with Crippen LogP contribution in [0.5, 0.6) is 5.75 Å². The Morgan fingerprint density at radius 1 is 1.20 bits per heavy atom. The number of methoxy groups -OCH3 is 1. The maximum atomic E-state index is 11.0. The van der Waals surface area contributed by atoms with E-state index in [1.807, 2.05) is 30.3 Å². The van der Waals surface area contributed by atoms with E-state index in [-0.39, 0.29) is 0 Å². The fourth-order valence-corrected chi connectivity index (χ4v) is 2.15. The van der Waals surface area contributed by atoms with Crippen molar-refractivity contribution < 1.29 is 9.53 Å². The molecule has 0 fully saturated rings. The number of fused-ring (bicyclic) bond motifs is 1. The molecule has 1 aromatic carbocycles. The second kappa shape index (κ2) is 5.13. The molecule has 0 N–H and O–H groups in total. The number of hydrogen-bond donors (Lipinski definition) is 0. The summed E-state index contributed by atoms with van der Waals surface area (Å²) in [5.74, 6) is 1.46. The highest BCUT2D eigenvalue weighted by atomic mass is 16.5. The summed E-state index contributed by atoms with van der Waals surface area (Å²) in [6.45, 7) is 0. The molecule has 0 amide bonds. The SMILES string of the molecule is COc1ccccc1Cc1nc2cccc(C=O)n2n1. The number of aromatic nitrogens is 3. The van der Waals surface area contributed by atoms with Crippen molar-refractivity contribution in [2.24, 2.45) is 0 Å². The van der Waals surface area contributed by atoms with Gasteiger partial charge in [-0.1, -0.05) is 24.3 Å². The maximum Gasteiger partial charge on any atom is 0.168 e. The molecule has 0 saturated carbocycles. The van der Waals surface area contributed by atoms with Gasteiger partial charge in [0.25, 0.3) is 0 Å². The summed E-state index contributed by atoms with van der Waals surface area (Å²) in [7, 11) is 1.64. The lowest BCUT2D eigenvalue weighted by Crippen LogP contribution is -1.98. The van der Waals surface area contributed by atoms with Crippen molar-refractivity contribution in [3.8, 4) is 5.75 Å². The van der Waals surface area contributed by atoms with Crippen LogP contribution in [-0.4, -0.2) is 28.0 Å². The largest absolute Gasteiger partial charge is 0.496 e. The highest BCUT2D eigenvalue weighted by Crippen LogP contribution is 2.20. The van der Waals surface area contributed by atoms with Gasteiger partial charge in [-0.2, -0.15) is 5.10 Å². The molecule has 0 atom stereocenters. The number of rotatable bonds is 4. The number of ether oxygens (including phenoxy) is 1. The van der Waals surface area contributed by atoms with Gasteiger partial charge in [-0.25, -0.2) is 9.50 Å².